The van der Waals surface area contributed by atoms with Crippen LogP contribution in [0.2, 0.25) is 0 Å². The van der Waals surface area contributed by atoms with Crippen molar-refractivity contribution in [2.24, 2.45) is 0 Å². The van der Waals surface area contributed by atoms with E-state index in [1.54, 1.807) is 36.0 Å². The van der Waals surface area contributed by atoms with Crippen molar-refractivity contribution in [2.45, 2.75) is 12.3 Å². The summed E-state index contributed by atoms with van der Waals surface area (Å²) in [5, 5.41) is 0. The van der Waals surface area contributed by atoms with Gasteiger partial charge in [-0.2, -0.15) is 11.8 Å². The van der Waals surface area contributed by atoms with Crippen molar-refractivity contribution >= 4 is 23.6 Å². The van der Waals surface area contributed by atoms with Crippen LogP contribution in [0.1, 0.15) is 32.1 Å². The highest BCUT2D eigenvalue weighted by Gasteiger charge is 2.34. The second-order valence-electron chi connectivity index (χ2n) is 6.22. The summed E-state index contributed by atoms with van der Waals surface area (Å²) in [6.07, 6.45) is 0. The number of carbonyl (C=O) groups excluding carboxylic acids is 2. The number of fused-ring (bicyclic) bond motifs is 1. The van der Waals surface area contributed by atoms with Gasteiger partial charge in [0.2, 0.25) is 0 Å². The van der Waals surface area contributed by atoms with Gasteiger partial charge >= 0.3 is 0 Å². The number of rotatable bonds is 7. The fourth-order valence-electron chi connectivity index (χ4n) is 2.80. The molecule has 2 heterocycles. The molecule has 25 heavy (non-hydrogen) atoms. The molecule has 3 rings (SSSR count). The van der Waals surface area contributed by atoms with Crippen molar-refractivity contribution in [2.75, 3.05) is 26.4 Å². The molecule has 0 fully saturated rings. The third kappa shape index (κ3) is 4.08. The van der Waals surface area contributed by atoms with Crippen LogP contribution in [0.5, 0.6) is 0 Å². The highest BCUT2D eigenvalue weighted by molar-refractivity contribution is 7.98. The molecule has 1 aliphatic heterocycles. The number of carbonyl (C=O) groups is 2. The predicted octanol–water partition coefficient (Wildman–Crippen LogP) is 2.67. The van der Waals surface area contributed by atoms with Gasteiger partial charge < -0.3 is 4.90 Å². The summed E-state index contributed by atoms with van der Waals surface area (Å²) in [4.78, 5) is 32.7. The zero-order valence-electron chi connectivity index (χ0n) is 14.4. The molecule has 0 radical (unpaired) electrons. The normalized spacial score (nSPS) is 13.6. The summed E-state index contributed by atoms with van der Waals surface area (Å²) in [6, 6.07) is 13.0. The van der Waals surface area contributed by atoms with Crippen LogP contribution < -0.4 is 0 Å². The molecule has 2 aromatic rings. The Bertz CT molecular complexity index is 757. The van der Waals surface area contributed by atoms with E-state index >= 15 is 0 Å². The van der Waals surface area contributed by atoms with Gasteiger partial charge in [-0.05, 0) is 38.4 Å². The number of amides is 2. The minimum atomic E-state index is -0.188. The summed E-state index contributed by atoms with van der Waals surface area (Å²) < 4.78 is 0. The maximum absolute atomic E-state index is 12.3. The molecule has 6 heteroatoms. The van der Waals surface area contributed by atoms with Crippen molar-refractivity contribution in [3.63, 3.8) is 0 Å². The third-order valence-electron chi connectivity index (χ3n) is 3.93. The van der Waals surface area contributed by atoms with Crippen LogP contribution in [-0.2, 0) is 12.3 Å². The van der Waals surface area contributed by atoms with Crippen LogP contribution in [0.4, 0.5) is 0 Å². The molecule has 0 saturated heterocycles. The van der Waals surface area contributed by atoms with E-state index in [4.69, 9.17) is 0 Å². The standard InChI is InChI=1S/C19H21N3O2S/c1-21(2)12-14-6-5-7-15(20-14)13-25-11-10-22-18(23)16-8-3-4-9-17(16)19(22)24/h3-9H,10-13H2,1-2H3. The van der Waals surface area contributed by atoms with E-state index in [0.29, 0.717) is 23.4 Å². The van der Waals surface area contributed by atoms with Crippen LogP contribution in [0.25, 0.3) is 0 Å². The third-order valence-corrected chi connectivity index (χ3v) is 4.90. The van der Waals surface area contributed by atoms with E-state index in [1.165, 1.54) is 4.90 Å². The summed E-state index contributed by atoms with van der Waals surface area (Å²) in [6.45, 7) is 1.24. The molecular weight excluding hydrogens is 334 g/mol. The fourth-order valence-corrected chi connectivity index (χ4v) is 3.62. The van der Waals surface area contributed by atoms with Crippen LogP contribution >= 0.6 is 11.8 Å². The molecule has 1 aromatic heterocycles. The lowest BCUT2D eigenvalue weighted by atomic mass is 10.1. The molecule has 0 unspecified atom stereocenters. The first kappa shape index (κ1) is 17.6. The molecule has 5 nitrogen and oxygen atoms in total. The Labute approximate surface area is 152 Å². The molecule has 0 atom stereocenters. The van der Waals surface area contributed by atoms with E-state index < -0.39 is 0 Å². The van der Waals surface area contributed by atoms with E-state index in [9.17, 15) is 9.59 Å². The number of benzene rings is 1. The summed E-state index contributed by atoms with van der Waals surface area (Å²) in [5.74, 6) is 1.09. The van der Waals surface area contributed by atoms with E-state index in [1.807, 2.05) is 32.3 Å². The molecule has 0 N–H and O–H groups in total. The smallest absolute Gasteiger partial charge is 0.261 e. The van der Waals surface area contributed by atoms with Gasteiger partial charge in [-0.1, -0.05) is 18.2 Å². The Kier molecular flexibility index (Phi) is 5.50. The maximum Gasteiger partial charge on any atom is 0.261 e. The van der Waals surface area contributed by atoms with Crippen LogP contribution in [-0.4, -0.2) is 53.0 Å². The molecule has 0 aliphatic carbocycles. The average molecular weight is 355 g/mol. The number of hydrogen-bond acceptors (Lipinski definition) is 5. The molecule has 1 aromatic carbocycles. The van der Waals surface area contributed by atoms with Crippen molar-refractivity contribution in [3.05, 3.63) is 65.0 Å². The van der Waals surface area contributed by atoms with E-state index in [0.717, 1.165) is 23.7 Å². The summed E-state index contributed by atoms with van der Waals surface area (Å²) in [7, 11) is 4.04. The Morgan fingerprint density at radius 2 is 1.60 bits per heavy atom. The summed E-state index contributed by atoms with van der Waals surface area (Å²) >= 11 is 1.68. The molecule has 1 aliphatic rings. The van der Waals surface area contributed by atoms with Crippen LogP contribution in [0, 0.1) is 0 Å². The molecule has 2 amide bonds. The zero-order valence-corrected chi connectivity index (χ0v) is 15.3. The lowest BCUT2D eigenvalue weighted by molar-refractivity contribution is 0.0664. The lowest BCUT2D eigenvalue weighted by Gasteiger charge is -2.13. The largest absolute Gasteiger partial charge is 0.304 e. The Morgan fingerprint density at radius 3 is 2.24 bits per heavy atom. The lowest BCUT2D eigenvalue weighted by Crippen LogP contribution is -2.31. The second kappa shape index (κ2) is 7.80. The first-order valence-corrected chi connectivity index (χ1v) is 9.34. The van der Waals surface area contributed by atoms with Crippen molar-refractivity contribution in [1.29, 1.82) is 0 Å². The topological polar surface area (TPSA) is 53.5 Å². The minimum Gasteiger partial charge on any atom is -0.304 e. The fraction of sp³-hybridized carbons (Fsp3) is 0.316. The van der Waals surface area contributed by atoms with Crippen molar-refractivity contribution < 1.29 is 9.59 Å². The molecule has 0 bridgehead atoms. The second-order valence-corrected chi connectivity index (χ2v) is 7.32. The van der Waals surface area contributed by atoms with Gasteiger partial charge in [0.25, 0.3) is 11.8 Å². The number of nitrogens with zero attached hydrogens (tertiary/aromatic N) is 3. The Morgan fingerprint density at radius 1 is 0.960 bits per heavy atom. The minimum absolute atomic E-state index is 0.188. The van der Waals surface area contributed by atoms with Crippen molar-refractivity contribution in [3.8, 4) is 0 Å². The molecule has 130 valence electrons. The number of pyridine rings is 1. The number of hydrogen-bond donors (Lipinski definition) is 0. The van der Waals surface area contributed by atoms with Gasteiger partial charge in [-0.15, -0.1) is 0 Å². The zero-order chi connectivity index (χ0) is 17.8. The maximum atomic E-state index is 12.3. The van der Waals surface area contributed by atoms with E-state index in [2.05, 4.69) is 9.88 Å². The molecule has 0 spiro atoms. The van der Waals surface area contributed by atoms with Gasteiger partial charge in [0.1, 0.15) is 0 Å². The van der Waals surface area contributed by atoms with Crippen LogP contribution in [0.15, 0.2) is 42.5 Å². The number of aromatic nitrogens is 1. The van der Waals surface area contributed by atoms with Gasteiger partial charge in [0.15, 0.2) is 0 Å². The Balaban J connectivity index is 1.51. The molecular formula is C19H21N3O2S. The molecule has 0 saturated carbocycles. The van der Waals surface area contributed by atoms with Crippen LogP contribution in [0.3, 0.4) is 0 Å². The summed E-state index contributed by atoms with van der Waals surface area (Å²) in [5.41, 5.74) is 3.08. The monoisotopic (exact) mass is 355 g/mol. The Hall–Kier alpha value is -2.18. The van der Waals surface area contributed by atoms with Gasteiger partial charge in [-0.25, -0.2) is 0 Å². The first-order valence-electron chi connectivity index (χ1n) is 8.19. The highest BCUT2D eigenvalue weighted by atomic mass is 32.2. The quantitative estimate of drug-likeness (QED) is 0.565. The van der Waals surface area contributed by atoms with Gasteiger partial charge in [0.05, 0.1) is 22.5 Å². The van der Waals surface area contributed by atoms with Gasteiger partial charge in [-0.3, -0.25) is 19.5 Å². The van der Waals surface area contributed by atoms with Crippen molar-refractivity contribution in [1.82, 2.24) is 14.8 Å². The van der Waals surface area contributed by atoms with Gasteiger partial charge in [0, 0.05) is 24.6 Å². The predicted molar refractivity (Wildman–Crippen MR) is 99.6 cm³/mol. The number of imide groups is 1. The SMILES string of the molecule is CN(C)Cc1cccc(CSCCN2C(=O)c3ccccc3C2=O)n1. The average Bonchev–Trinajstić information content (AvgIpc) is 2.83. The number of thioether (sulfide) groups is 1. The highest BCUT2D eigenvalue weighted by Crippen LogP contribution is 2.23. The van der Waals surface area contributed by atoms with E-state index in [-0.39, 0.29) is 11.8 Å². The first-order chi connectivity index (χ1) is 12.1.